The molecule has 5 heteroatoms. The van der Waals surface area contributed by atoms with Gasteiger partial charge in [-0.15, -0.1) is 0 Å². The van der Waals surface area contributed by atoms with Crippen molar-refractivity contribution in [3.05, 3.63) is 22.7 Å². The van der Waals surface area contributed by atoms with Gasteiger partial charge in [-0.1, -0.05) is 38.8 Å². The number of amides is 1. The van der Waals surface area contributed by atoms with Crippen molar-refractivity contribution < 1.29 is 4.79 Å². The number of carbonyl (C=O) groups excluding carboxylic acids is 1. The summed E-state index contributed by atoms with van der Waals surface area (Å²) in [4.78, 5) is 22.9. The molecule has 20 heavy (non-hydrogen) atoms. The van der Waals surface area contributed by atoms with Gasteiger partial charge in [0.1, 0.15) is 5.82 Å². The average molecular weight is 296 g/mol. The first-order valence-corrected chi connectivity index (χ1v) is 7.72. The van der Waals surface area contributed by atoms with Gasteiger partial charge in [-0.05, 0) is 18.8 Å². The number of nitrogens with zero attached hydrogens (tertiary/aromatic N) is 3. The molecule has 2 rings (SSSR count). The topological polar surface area (TPSA) is 46.1 Å². The molecule has 1 aromatic rings. The third kappa shape index (κ3) is 3.29. The lowest BCUT2D eigenvalue weighted by atomic mass is 10.0. The van der Waals surface area contributed by atoms with E-state index in [1.54, 1.807) is 0 Å². The second kappa shape index (κ2) is 6.53. The maximum absolute atomic E-state index is 12.5. The van der Waals surface area contributed by atoms with Crippen LogP contribution in [0.2, 0.25) is 5.02 Å². The van der Waals surface area contributed by atoms with Crippen molar-refractivity contribution in [2.24, 2.45) is 5.92 Å². The SMILES string of the molecule is CCCC1CCN(C(=O)c2nc(C(C)C)ncc2Cl)C1. The molecule has 1 fully saturated rings. The maximum Gasteiger partial charge on any atom is 0.274 e. The van der Waals surface area contributed by atoms with E-state index in [0.717, 1.165) is 19.5 Å². The predicted molar refractivity (Wildman–Crippen MR) is 80.0 cm³/mol. The molecule has 0 bridgehead atoms. The number of carbonyl (C=O) groups is 1. The zero-order valence-electron chi connectivity index (χ0n) is 12.4. The van der Waals surface area contributed by atoms with Gasteiger partial charge in [-0.2, -0.15) is 0 Å². The summed E-state index contributed by atoms with van der Waals surface area (Å²) >= 11 is 6.10. The Kier molecular flexibility index (Phi) is 4.97. The molecule has 0 aliphatic carbocycles. The average Bonchev–Trinajstić information content (AvgIpc) is 2.87. The molecule has 0 N–H and O–H groups in total. The van der Waals surface area contributed by atoms with Crippen molar-refractivity contribution in [1.29, 1.82) is 0 Å². The van der Waals surface area contributed by atoms with Crippen LogP contribution in [0.1, 0.15) is 62.3 Å². The summed E-state index contributed by atoms with van der Waals surface area (Å²) in [6.45, 7) is 7.82. The van der Waals surface area contributed by atoms with Gasteiger partial charge in [-0.3, -0.25) is 4.79 Å². The minimum Gasteiger partial charge on any atom is -0.337 e. The lowest BCUT2D eigenvalue weighted by Gasteiger charge is -2.17. The lowest BCUT2D eigenvalue weighted by molar-refractivity contribution is 0.0780. The largest absolute Gasteiger partial charge is 0.337 e. The maximum atomic E-state index is 12.5. The monoisotopic (exact) mass is 295 g/mol. The Morgan fingerprint density at radius 1 is 1.55 bits per heavy atom. The highest BCUT2D eigenvalue weighted by atomic mass is 35.5. The zero-order chi connectivity index (χ0) is 14.7. The second-order valence-electron chi connectivity index (χ2n) is 5.77. The zero-order valence-corrected chi connectivity index (χ0v) is 13.2. The van der Waals surface area contributed by atoms with E-state index in [2.05, 4.69) is 16.9 Å². The molecule has 2 heterocycles. The fourth-order valence-electron chi connectivity index (χ4n) is 2.62. The number of aromatic nitrogens is 2. The first-order chi connectivity index (χ1) is 9.52. The summed E-state index contributed by atoms with van der Waals surface area (Å²) in [6.07, 6.45) is 4.97. The van der Waals surface area contributed by atoms with Gasteiger partial charge in [0.2, 0.25) is 0 Å². The molecule has 0 aromatic carbocycles. The quantitative estimate of drug-likeness (QED) is 0.854. The molecule has 1 aliphatic rings. The summed E-state index contributed by atoms with van der Waals surface area (Å²) in [5, 5.41) is 0.346. The number of rotatable bonds is 4. The number of hydrogen-bond donors (Lipinski definition) is 0. The summed E-state index contributed by atoms with van der Waals surface area (Å²) < 4.78 is 0. The molecule has 0 saturated carbocycles. The van der Waals surface area contributed by atoms with Crippen molar-refractivity contribution >= 4 is 17.5 Å². The van der Waals surface area contributed by atoms with Crippen molar-refractivity contribution in [2.75, 3.05) is 13.1 Å². The van der Waals surface area contributed by atoms with E-state index in [-0.39, 0.29) is 11.8 Å². The van der Waals surface area contributed by atoms with Crippen LogP contribution in [0.15, 0.2) is 6.20 Å². The van der Waals surface area contributed by atoms with Crippen LogP contribution in [-0.4, -0.2) is 33.9 Å². The number of hydrogen-bond acceptors (Lipinski definition) is 3. The first kappa shape index (κ1) is 15.2. The van der Waals surface area contributed by atoms with Crippen LogP contribution in [0, 0.1) is 5.92 Å². The minimum atomic E-state index is -0.0575. The predicted octanol–water partition coefficient (Wildman–Crippen LogP) is 3.52. The van der Waals surface area contributed by atoms with Crippen LogP contribution in [0.4, 0.5) is 0 Å². The molecular formula is C15H22ClN3O. The third-order valence-corrected chi connectivity index (χ3v) is 4.03. The Balaban J connectivity index is 2.15. The Hall–Kier alpha value is -1.16. The fourth-order valence-corrected chi connectivity index (χ4v) is 2.79. The van der Waals surface area contributed by atoms with E-state index >= 15 is 0 Å². The van der Waals surface area contributed by atoms with Crippen LogP contribution in [0.25, 0.3) is 0 Å². The van der Waals surface area contributed by atoms with Gasteiger partial charge in [0, 0.05) is 19.0 Å². The fraction of sp³-hybridized carbons (Fsp3) is 0.667. The highest BCUT2D eigenvalue weighted by Gasteiger charge is 2.28. The Morgan fingerprint density at radius 2 is 2.30 bits per heavy atom. The molecule has 4 nitrogen and oxygen atoms in total. The van der Waals surface area contributed by atoms with E-state index in [1.807, 2.05) is 18.7 Å². The Bertz CT molecular complexity index is 490. The molecule has 1 aliphatic heterocycles. The van der Waals surface area contributed by atoms with Gasteiger partial charge >= 0.3 is 0 Å². The van der Waals surface area contributed by atoms with Crippen LogP contribution >= 0.6 is 11.6 Å². The summed E-state index contributed by atoms with van der Waals surface area (Å²) in [5.41, 5.74) is 0.350. The van der Waals surface area contributed by atoms with Crippen LogP contribution in [0.5, 0.6) is 0 Å². The van der Waals surface area contributed by atoms with E-state index < -0.39 is 0 Å². The summed E-state index contributed by atoms with van der Waals surface area (Å²) in [7, 11) is 0. The summed E-state index contributed by atoms with van der Waals surface area (Å²) in [6, 6.07) is 0. The normalized spacial score (nSPS) is 18.9. The molecule has 1 amide bonds. The molecule has 0 spiro atoms. The van der Waals surface area contributed by atoms with E-state index in [9.17, 15) is 4.79 Å². The lowest BCUT2D eigenvalue weighted by Crippen LogP contribution is -2.30. The summed E-state index contributed by atoms with van der Waals surface area (Å²) in [5.74, 6) is 1.42. The molecule has 1 atom stereocenters. The van der Waals surface area contributed by atoms with Gasteiger partial charge in [0.15, 0.2) is 5.69 Å². The molecule has 110 valence electrons. The van der Waals surface area contributed by atoms with E-state index in [1.165, 1.54) is 19.0 Å². The molecule has 0 radical (unpaired) electrons. The first-order valence-electron chi connectivity index (χ1n) is 7.34. The highest BCUT2D eigenvalue weighted by molar-refractivity contribution is 6.33. The molecular weight excluding hydrogens is 274 g/mol. The van der Waals surface area contributed by atoms with Crippen molar-refractivity contribution in [3.8, 4) is 0 Å². The molecule has 1 aromatic heterocycles. The van der Waals surface area contributed by atoms with Crippen molar-refractivity contribution in [3.63, 3.8) is 0 Å². The van der Waals surface area contributed by atoms with E-state index in [0.29, 0.717) is 22.5 Å². The van der Waals surface area contributed by atoms with Crippen LogP contribution < -0.4 is 0 Å². The second-order valence-corrected chi connectivity index (χ2v) is 6.18. The molecule has 1 unspecified atom stereocenters. The van der Waals surface area contributed by atoms with Crippen LogP contribution in [-0.2, 0) is 0 Å². The standard InChI is InChI=1S/C15H22ClN3O/c1-4-5-11-6-7-19(9-11)15(20)13-12(16)8-17-14(18-13)10(2)3/h8,10-11H,4-7,9H2,1-3H3. The minimum absolute atomic E-state index is 0.0575. The van der Waals surface area contributed by atoms with Crippen molar-refractivity contribution in [2.45, 2.75) is 46.0 Å². The highest BCUT2D eigenvalue weighted by Crippen LogP contribution is 2.24. The van der Waals surface area contributed by atoms with Gasteiger partial charge in [0.05, 0.1) is 11.2 Å². The smallest absolute Gasteiger partial charge is 0.274 e. The number of halogens is 1. The van der Waals surface area contributed by atoms with Gasteiger partial charge in [0.25, 0.3) is 5.91 Å². The van der Waals surface area contributed by atoms with Crippen LogP contribution in [0.3, 0.4) is 0 Å². The van der Waals surface area contributed by atoms with Gasteiger partial charge < -0.3 is 4.90 Å². The Labute approximate surface area is 125 Å². The number of likely N-dealkylation sites (tertiary alicyclic amines) is 1. The third-order valence-electron chi connectivity index (χ3n) is 3.75. The van der Waals surface area contributed by atoms with Crippen molar-refractivity contribution in [1.82, 2.24) is 14.9 Å². The molecule has 1 saturated heterocycles. The van der Waals surface area contributed by atoms with Gasteiger partial charge in [-0.25, -0.2) is 9.97 Å². The Morgan fingerprint density at radius 3 is 2.95 bits per heavy atom. The van der Waals surface area contributed by atoms with E-state index in [4.69, 9.17) is 11.6 Å².